The van der Waals surface area contributed by atoms with Crippen molar-refractivity contribution in [2.45, 2.75) is 46.1 Å². The van der Waals surface area contributed by atoms with Gasteiger partial charge in [-0.1, -0.05) is 38.0 Å². The Bertz CT molecular complexity index is 1150. The summed E-state index contributed by atoms with van der Waals surface area (Å²) in [4.78, 5) is 25.9. The van der Waals surface area contributed by atoms with Crippen LogP contribution in [0.4, 0.5) is 0 Å². The van der Waals surface area contributed by atoms with Crippen LogP contribution in [0.5, 0.6) is 5.75 Å². The molecule has 5 nitrogen and oxygen atoms in total. The fraction of sp³-hybridized carbons (Fsp3) is 0.333. The van der Waals surface area contributed by atoms with Gasteiger partial charge in [0.25, 0.3) is 5.91 Å². The van der Waals surface area contributed by atoms with Gasteiger partial charge in [-0.2, -0.15) is 0 Å². The number of ether oxygens (including phenoxy) is 1. The van der Waals surface area contributed by atoms with E-state index in [9.17, 15) is 9.59 Å². The topological polar surface area (TPSA) is 68.5 Å². The first-order valence-electron chi connectivity index (χ1n) is 10.1. The Morgan fingerprint density at radius 1 is 1.10 bits per heavy atom. The highest BCUT2D eigenvalue weighted by atomic mass is 16.5. The number of amides is 1. The van der Waals surface area contributed by atoms with Crippen molar-refractivity contribution < 1.29 is 13.9 Å². The van der Waals surface area contributed by atoms with Gasteiger partial charge in [0.1, 0.15) is 11.3 Å². The van der Waals surface area contributed by atoms with Crippen LogP contribution < -0.4 is 15.5 Å². The maximum absolute atomic E-state index is 13.3. The van der Waals surface area contributed by atoms with Crippen molar-refractivity contribution in [3.63, 3.8) is 0 Å². The van der Waals surface area contributed by atoms with Crippen LogP contribution in [0, 0.1) is 13.8 Å². The molecule has 3 aromatic rings. The molecule has 1 aliphatic heterocycles. The monoisotopic (exact) mass is 391 g/mol. The highest BCUT2D eigenvalue weighted by molar-refractivity contribution is 5.99. The highest BCUT2D eigenvalue weighted by Crippen LogP contribution is 2.33. The number of carbonyl (C=O) groups is 1. The van der Waals surface area contributed by atoms with Crippen LogP contribution in [-0.2, 0) is 0 Å². The number of aryl methyl sites for hydroxylation is 2. The summed E-state index contributed by atoms with van der Waals surface area (Å²) >= 11 is 0. The van der Waals surface area contributed by atoms with Crippen LogP contribution in [0.25, 0.3) is 11.0 Å². The van der Waals surface area contributed by atoms with Crippen LogP contribution in [0.15, 0.2) is 45.6 Å². The van der Waals surface area contributed by atoms with Crippen molar-refractivity contribution >= 4 is 16.9 Å². The van der Waals surface area contributed by atoms with E-state index >= 15 is 0 Å². The minimum atomic E-state index is -0.543. The van der Waals surface area contributed by atoms with E-state index in [1.807, 2.05) is 44.2 Å². The first-order chi connectivity index (χ1) is 14.0. The number of fused-ring (bicyclic) bond motifs is 2. The lowest BCUT2D eigenvalue weighted by molar-refractivity contribution is 0.0937. The Labute approximate surface area is 169 Å². The molecular weight excluding hydrogens is 366 g/mol. The van der Waals surface area contributed by atoms with Gasteiger partial charge in [0, 0.05) is 0 Å². The van der Waals surface area contributed by atoms with Gasteiger partial charge in [-0.3, -0.25) is 9.59 Å². The number of benzene rings is 2. The molecular formula is C24H25NO4. The third-order valence-corrected chi connectivity index (χ3v) is 5.59. The van der Waals surface area contributed by atoms with Crippen molar-refractivity contribution in [2.75, 3.05) is 6.61 Å². The Morgan fingerprint density at radius 2 is 1.93 bits per heavy atom. The molecule has 5 heteroatoms. The molecule has 1 aliphatic rings. The zero-order chi connectivity index (χ0) is 20.5. The molecule has 0 bridgehead atoms. The lowest BCUT2D eigenvalue weighted by Gasteiger charge is -2.14. The predicted molar refractivity (Wildman–Crippen MR) is 113 cm³/mol. The Kier molecular flexibility index (Phi) is 5.14. The van der Waals surface area contributed by atoms with Gasteiger partial charge in [0.2, 0.25) is 5.76 Å². The zero-order valence-corrected chi connectivity index (χ0v) is 17.0. The van der Waals surface area contributed by atoms with Gasteiger partial charge in [0.15, 0.2) is 5.43 Å². The molecule has 0 fully saturated rings. The minimum Gasteiger partial charge on any atom is -0.494 e. The van der Waals surface area contributed by atoms with E-state index < -0.39 is 6.04 Å². The summed E-state index contributed by atoms with van der Waals surface area (Å²) in [7, 11) is 0. The lowest BCUT2D eigenvalue weighted by Crippen LogP contribution is -2.22. The van der Waals surface area contributed by atoms with Gasteiger partial charge in [-0.25, -0.2) is 0 Å². The summed E-state index contributed by atoms with van der Waals surface area (Å²) in [6, 6.07) is 10.7. The van der Waals surface area contributed by atoms with Crippen LogP contribution in [0.3, 0.4) is 0 Å². The van der Waals surface area contributed by atoms with Crippen molar-refractivity contribution in [1.82, 2.24) is 5.32 Å². The molecule has 0 saturated heterocycles. The molecule has 2 aromatic carbocycles. The van der Waals surface area contributed by atoms with E-state index in [2.05, 4.69) is 12.2 Å². The maximum atomic E-state index is 13.3. The van der Waals surface area contributed by atoms with E-state index in [-0.39, 0.29) is 17.1 Å². The molecule has 0 aliphatic carbocycles. The van der Waals surface area contributed by atoms with E-state index in [0.717, 1.165) is 41.7 Å². The van der Waals surface area contributed by atoms with Gasteiger partial charge in [-0.05, 0) is 55.2 Å². The Balaban J connectivity index is 1.75. The normalized spacial score (nSPS) is 15.4. The van der Waals surface area contributed by atoms with Crippen LogP contribution >= 0.6 is 0 Å². The second-order valence-corrected chi connectivity index (χ2v) is 7.59. The largest absolute Gasteiger partial charge is 0.494 e. The average molecular weight is 391 g/mol. The van der Waals surface area contributed by atoms with Crippen LogP contribution in [0.2, 0.25) is 0 Å². The summed E-state index contributed by atoms with van der Waals surface area (Å²) in [5, 5.41) is 3.40. The fourth-order valence-electron chi connectivity index (χ4n) is 3.78. The maximum Gasteiger partial charge on any atom is 0.288 e. The Morgan fingerprint density at radius 3 is 2.72 bits per heavy atom. The van der Waals surface area contributed by atoms with Gasteiger partial charge in [-0.15, -0.1) is 0 Å². The number of hydrogen-bond acceptors (Lipinski definition) is 4. The molecule has 29 heavy (non-hydrogen) atoms. The van der Waals surface area contributed by atoms with Gasteiger partial charge in [0.05, 0.1) is 23.6 Å². The lowest BCUT2D eigenvalue weighted by atomic mass is 9.98. The van der Waals surface area contributed by atoms with E-state index in [0.29, 0.717) is 23.1 Å². The quantitative estimate of drug-likeness (QED) is 0.612. The SMILES string of the molecule is CCCCCOc1cccc(C2NC(=O)c3oc4c(C)c(C)ccc4c(=O)c32)c1. The summed E-state index contributed by atoms with van der Waals surface area (Å²) in [5.41, 5.74) is 3.39. The van der Waals surface area contributed by atoms with E-state index in [4.69, 9.17) is 9.15 Å². The van der Waals surface area contributed by atoms with Crippen LogP contribution in [0.1, 0.15) is 65.0 Å². The third kappa shape index (κ3) is 3.41. The molecule has 0 radical (unpaired) electrons. The minimum absolute atomic E-state index is 0.107. The molecule has 2 heterocycles. The standard InChI is InChI=1S/C24H25NO4/c1-4-5-6-12-28-17-9-7-8-16(13-17)20-19-21(26)18-11-10-14(2)15(3)22(18)29-23(19)24(27)25-20/h7-11,13,20H,4-6,12H2,1-3H3,(H,25,27). The number of rotatable bonds is 6. The molecule has 1 amide bonds. The summed E-state index contributed by atoms with van der Waals surface area (Å²) < 4.78 is 11.8. The molecule has 1 atom stereocenters. The smallest absolute Gasteiger partial charge is 0.288 e. The molecule has 0 spiro atoms. The van der Waals surface area contributed by atoms with Crippen molar-refractivity contribution in [2.24, 2.45) is 0 Å². The summed E-state index contributed by atoms with van der Waals surface area (Å²) in [6.07, 6.45) is 3.26. The van der Waals surface area contributed by atoms with Crippen molar-refractivity contribution in [3.8, 4) is 5.75 Å². The first-order valence-corrected chi connectivity index (χ1v) is 10.1. The average Bonchev–Trinajstić information content (AvgIpc) is 3.06. The number of carbonyl (C=O) groups excluding carboxylic acids is 1. The van der Waals surface area contributed by atoms with Crippen LogP contribution in [-0.4, -0.2) is 12.5 Å². The molecule has 150 valence electrons. The molecule has 1 unspecified atom stereocenters. The Hall–Kier alpha value is -3.08. The molecule has 1 aromatic heterocycles. The third-order valence-electron chi connectivity index (χ3n) is 5.59. The van der Waals surface area contributed by atoms with Gasteiger partial charge < -0.3 is 14.5 Å². The number of nitrogens with one attached hydrogen (secondary N) is 1. The predicted octanol–water partition coefficient (Wildman–Crippen LogP) is 4.81. The first kappa shape index (κ1) is 19.2. The van der Waals surface area contributed by atoms with Crippen molar-refractivity contribution in [1.29, 1.82) is 0 Å². The number of hydrogen-bond donors (Lipinski definition) is 1. The van der Waals surface area contributed by atoms with E-state index in [1.165, 1.54) is 0 Å². The van der Waals surface area contributed by atoms with E-state index in [1.54, 1.807) is 6.07 Å². The second-order valence-electron chi connectivity index (χ2n) is 7.59. The summed E-state index contributed by atoms with van der Waals surface area (Å²) in [6.45, 7) is 6.66. The highest BCUT2D eigenvalue weighted by Gasteiger charge is 2.36. The molecule has 4 rings (SSSR count). The van der Waals surface area contributed by atoms with Crippen molar-refractivity contribution in [3.05, 3.63) is 74.6 Å². The molecule has 1 N–H and O–H groups in total. The zero-order valence-electron chi connectivity index (χ0n) is 17.0. The fourth-order valence-corrected chi connectivity index (χ4v) is 3.78. The molecule has 0 saturated carbocycles. The number of unbranched alkanes of at least 4 members (excludes halogenated alkanes) is 2. The summed E-state index contributed by atoms with van der Waals surface area (Å²) in [5.74, 6) is 0.479. The second kappa shape index (κ2) is 7.74. The van der Waals surface area contributed by atoms with Gasteiger partial charge >= 0.3 is 0 Å².